The first kappa shape index (κ1) is 13.9. The van der Waals surface area contributed by atoms with Crippen molar-refractivity contribution in [3.05, 3.63) is 35.4 Å². The van der Waals surface area contributed by atoms with Gasteiger partial charge in [0.1, 0.15) is 5.78 Å². The van der Waals surface area contributed by atoms with Crippen LogP contribution < -0.4 is 11.1 Å². The summed E-state index contributed by atoms with van der Waals surface area (Å²) in [6, 6.07) is 8.22. The second kappa shape index (κ2) is 7.20. The lowest BCUT2D eigenvalue weighted by Crippen LogP contribution is -2.36. The molecule has 1 rings (SSSR count). The summed E-state index contributed by atoms with van der Waals surface area (Å²) in [6.45, 7) is 2.64. The van der Waals surface area contributed by atoms with Gasteiger partial charge < -0.3 is 11.1 Å². The monoisotopic (exact) mass is 234 g/mol. The summed E-state index contributed by atoms with van der Waals surface area (Å²) in [5.74, 6) is 0.249. The predicted molar refractivity (Wildman–Crippen MR) is 71.0 cm³/mol. The molecule has 0 saturated heterocycles. The second-order valence-corrected chi connectivity index (χ2v) is 4.39. The average molecular weight is 234 g/mol. The molecule has 3 nitrogen and oxygen atoms in total. The van der Waals surface area contributed by atoms with Crippen LogP contribution in [-0.4, -0.2) is 25.4 Å². The topological polar surface area (TPSA) is 55.1 Å². The highest BCUT2D eigenvalue weighted by Gasteiger charge is 2.15. The Morgan fingerprint density at radius 1 is 1.35 bits per heavy atom. The van der Waals surface area contributed by atoms with Gasteiger partial charge in [0.15, 0.2) is 0 Å². The van der Waals surface area contributed by atoms with Gasteiger partial charge in [-0.15, -0.1) is 0 Å². The molecule has 0 aliphatic carbocycles. The van der Waals surface area contributed by atoms with Gasteiger partial charge in [0, 0.05) is 6.42 Å². The van der Waals surface area contributed by atoms with Crippen LogP contribution in [0.25, 0.3) is 0 Å². The van der Waals surface area contributed by atoms with E-state index in [1.54, 1.807) is 0 Å². The van der Waals surface area contributed by atoms with Crippen LogP contribution >= 0.6 is 0 Å². The van der Waals surface area contributed by atoms with Gasteiger partial charge in [0.05, 0.1) is 6.04 Å². The standard InChI is InChI=1S/C14H22N2O/c1-11-5-7-12(8-6-11)10-13(16-2)14(17)4-3-9-15/h5-8,13,16H,3-4,9-10,15H2,1-2H3/t13-/m0/s1. The lowest BCUT2D eigenvalue weighted by molar-refractivity contribution is -0.121. The van der Waals surface area contributed by atoms with Crippen molar-refractivity contribution in [2.45, 2.75) is 32.2 Å². The zero-order valence-corrected chi connectivity index (χ0v) is 10.7. The van der Waals surface area contributed by atoms with Crippen LogP contribution in [0.1, 0.15) is 24.0 Å². The highest BCUT2D eigenvalue weighted by Crippen LogP contribution is 2.08. The third-order valence-corrected chi connectivity index (χ3v) is 2.92. The van der Waals surface area contributed by atoms with Crippen LogP contribution in [-0.2, 0) is 11.2 Å². The van der Waals surface area contributed by atoms with E-state index in [9.17, 15) is 4.79 Å². The number of carbonyl (C=O) groups is 1. The first-order valence-electron chi connectivity index (χ1n) is 6.13. The van der Waals surface area contributed by atoms with Crippen LogP contribution in [0.4, 0.5) is 0 Å². The molecule has 0 amide bonds. The van der Waals surface area contributed by atoms with Crippen molar-refractivity contribution in [1.29, 1.82) is 0 Å². The van der Waals surface area contributed by atoms with Crippen LogP contribution in [0, 0.1) is 6.92 Å². The zero-order valence-electron chi connectivity index (χ0n) is 10.7. The Morgan fingerprint density at radius 3 is 2.53 bits per heavy atom. The quantitative estimate of drug-likeness (QED) is 0.750. The number of hydrogen-bond donors (Lipinski definition) is 2. The first-order valence-corrected chi connectivity index (χ1v) is 6.13. The van der Waals surface area contributed by atoms with E-state index in [1.165, 1.54) is 11.1 Å². The highest BCUT2D eigenvalue weighted by atomic mass is 16.1. The molecule has 0 aliphatic rings. The SMILES string of the molecule is CN[C@@H](Cc1ccc(C)cc1)C(=O)CCCN. The molecule has 3 N–H and O–H groups in total. The molecule has 94 valence electrons. The molecular weight excluding hydrogens is 212 g/mol. The van der Waals surface area contributed by atoms with E-state index in [0.717, 1.165) is 12.8 Å². The molecule has 0 heterocycles. The molecule has 0 aliphatic heterocycles. The van der Waals surface area contributed by atoms with Gasteiger partial charge in [0.2, 0.25) is 0 Å². The normalized spacial score (nSPS) is 12.4. The number of hydrogen-bond acceptors (Lipinski definition) is 3. The summed E-state index contributed by atoms with van der Waals surface area (Å²) in [5, 5.41) is 3.08. The number of Topliss-reactive ketones (excluding diaryl/α,β-unsaturated/α-hetero) is 1. The van der Waals surface area contributed by atoms with Gasteiger partial charge in [-0.05, 0) is 38.9 Å². The maximum Gasteiger partial charge on any atom is 0.150 e. The summed E-state index contributed by atoms with van der Waals surface area (Å²) in [7, 11) is 1.83. The van der Waals surface area contributed by atoms with Crippen molar-refractivity contribution in [2.24, 2.45) is 5.73 Å². The molecule has 0 fully saturated rings. The molecule has 1 aromatic carbocycles. The third kappa shape index (κ3) is 4.67. The van der Waals surface area contributed by atoms with E-state index < -0.39 is 0 Å². The Kier molecular flexibility index (Phi) is 5.87. The van der Waals surface area contributed by atoms with Crippen LogP contribution in [0.2, 0.25) is 0 Å². The molecule has 0 bridgehead atoms. The number of ketones is 1. The van der Waals surface area contributed by atoms with E-state index >= 15 is 0 Å². The summed E-state index contributed by atoms with van der Waals surface area (Å²) in [6.07, 6.45) is 2.08. The minimum absolute atomic E-state index is 0.0933. The number of nitrogens with one attached hydrogen (secondary N) is 1. The second-order valence-electron chi connectivity index (χ2n) is 4.39. The molecule has 17 heavy (non-hydrogen) atoms. The van der Waals surface area contributed by atoms with Gasteiger partial charge in [-0.1, -0.05) is 29.8 Å². The maximum absolute atomic E-state index is 11.9. The average Bonchev–Trinajstić information content (AvgIpc) is 2.35. The van der Waals surface area contributed by atoms with Gasteiger partial charge in [0.25, 0.3) is 0 Å². The maximum atomic E-state index is 11.9. The highest BCUT2D eigenvalue weighted by molar-refractivity contribution is 5.84. The van der Waals surface area contributed by atoms with E-state index in [0.29, 0.717) is 13.0 Å². The summed E-state index contributed by atoms with van der Waals surface area (Å²) < 4.78 is 0. The molecular formula is C14H22N2O. The smallest absolute Gasteiger partial charge is 0.150 e. The number of nitrogens with two attached hydrogens (primary N) is 1. The number of rotatable bonds is 7. The molecule has 0 aromatic heterocycles. The summed E-state index contributed by atoms with van der Waals surface area (Å²) in [4.78, 5) is 11.9. The number of carbonyl (C=O) groups excluding carboxylic acids is 1. The number of benzene rings is 1. The Morgan fingerprint density at radius 2 is 2.00 bits per heavy atom. The van der Waals surface area contributed by atoms with Gasteiger partial charge in [-0.2, -0.15) is 0 Å². The van der Waals surface area contributed by atoms with Gasteiger partial charge >= 0.3 is 0 Å². The lowest BCUT2D eigenvalue weighted by Gasteiger charge is -2.15. The van der Waals surface area contributed by atoms with Crippen LogP contribution in [0.15, 0.2) is 24.3 Å². The Labute approximate surface area is 103 Å². The molecule has 3 heteroatoms. The van der Waals surface area contributed by atoms with Crippen molar-refractivity contribution in [3.8, 4) is 0 Å². The minimum atomic E-state index is -0.0933. The van der Waals surface area contributed by atoms with Crippen molar-refractivity contribution in [2.75, 3.05) is 13.6 Å². The Balaban J connectivity index is 2.57. The minimum Gasteiger partial charge on any atom is -0.330 e. The van der Waals surface area contributed by atoms with Crippen LogP contribution in [0.5, 0.6) is 0 Å². The van der Waals surface area contributed by atoms with Gasteiger partial charge in [-0.3, -0.25) is 4.79 Å². The Bertz CT molecular complexity index is 346. The first-order chi connectivity index (χ1) is 8.17. The van der Waals surface area contributed by atoms with Crippen molar-refractivity contribution in [1.82, 2.24) is 5.32 Å². The number of likely N-dealkylation sites (N-methyl/N-ethyl adjacent to an activating group) is 1. The molecule has 1 atom stereocenters. The third-order valence-electron chi connectivity index (χ3n) is 2.92. The Hall–Kier alpha value is -1.19. The van der Waals surface area contributed by atoms with Crippen molar-refractivity contribution < 1.29 is 4.79 Å². The molecule has 0 saturated carbocycles. The summed E-state index contributed by atoms with van der Waals surface area (Å²) in [5.41, 5.74) is 7.85. The number of aryl methyl sites for hydroxylation is 1. The summed E-state index contributed by atoms with van der Waals surface area (Å²) >= 11 is 0. The molecule has 0 spiro atoms. The largest absolute Gasteiger partial charge is 0.330 e. The predicted octanol–water partition coefficient (Wildman–Crippen LogP) is 1.43. The van der Waals surface area contributed by atoms with Crippen molar-refractivity contribution >= 4 is 5.78 Å². The van der Waals surface area contributed by atoms with Gasteiger partial charge in [-0.25, -0.2) is 0 Å². The fourth-order valence-electron chi connectivity index (χ4n) is 1.79. The molecule has 0 unspecified atom stereocenters. The molecule has 1 aromatic rings. The van der Waals surface area contributed by atoms with E-state index in [4.69, 9.17) is 5.73 Å². The van der Waals surface area contributed by atoms with Crippen LogP contribution in [0.3, 0.4) is 0 Å². The fraction of sp³-hybridized carbons (Fsp3) is 0.500. The zero-order chi connectivity index (χ0) is 12.7. The van der Waals surface area contributed by atoms with E-state index in [1.807, 2.05) is 7.05 Å². The fourth-order valence-corrected chi connectivity index (χ4v) is 1.79. The van der Waals surface area contributed by atoms with E-state index in [2.05, 4.69) is 36.5 Å². The lowest BCUT2D eigenvalue weighted by atomic mass is 9.99. The van der Waals surface area contributed by atoms with E-state index in [-0.39, 0.29) is 11.8 Å². The van der Waals surface area contributed by atoms with Crippen molar-refractivity contribution in [3.63, 3.8) is 0 Å². The molecule has 0 radical (unpaired) electrons.